The van der Waals surface area contributed by atoms with Crippen LogP contribution in [0.4, 0.5) is 0 Å². The maximum Gasteiger partial charge on any atom is 0.150 e. The molecule has 0 radical (unpaired) electrons. The molecule has 4 unspecified atom stereocenters. The van der Waals surface area contributed by atoms with Gasteiger partial charge in [0.15, 0.2) is 0 Å². The van der Waals surface area contributed by atoms with E-state index in [9.17, 15) is 0 Å². The van der Waals surface area contributed by atoms with Crippen LogP contribution in [0.1, 0.15) is 50.8 Å². The van der Waals surface area contributed by atoms with Gasteiger partial charge in [-0.3, -0.25) is 0 Å². The summed E-state index contributed by atoms with van der Waals surface area (Å²) in [6.45, 7) is 6.79. The zero-order chi connectivity index (χ0) is 14.4. The predicted octanol–water partition coefficient (Wildman–Crippen LogP) is 2.72. The Bertz CT molecular complexity index is 545. The van der Waals surface area contributed by atoms with E-state index in [-0.39, 0.29) is 0 Å². The van der Waals surface area contributed by atoms with Gasteiger partial charge in [-0.25, -0.2) is 0 Å². The molecule has 21 heavy (non-hydrogen) atoms. The van der Waals surface area contributed by atoms with Crippen molar-refractivity contribution in [3.63, 3.8) is 0 Å². The number of fused-ring (bicyclic) bond motifs is 3. The van der Waals surface area contributed by atoms with Gasteiger partial charge in [-0.15, -0.1) is 10.2 Å². The van der Waals surface area contributed by atoms with E-state index in [4.69, 9.17) is 0 Å². The van der Waals surface area contributed by atoms with Crippen molar-refractivity contribution < 1.29 is 0 Å². The summed E-state index contributed by atoms with van der Waals surface area (Å²) in [6, 6.07) is 0.340. The number of rotatable bonds is 5. The summed E-state index contributed by atoms with van der Waals surface area (Å²) < 4.78 is 2.35. The Morgan fingerprint density at radius 2 is 2.19 bits per heavy atom. The SMILES string of the molecule is CC(C)C(NCC1CC2C=CC1C2)c1nnc2n1CCC2. The summed E-state index contributed by atoms with van der Waals surface area (Å²) in [5, 5.41) is 12.7. The van der Waals surface area contributed by atoms with Gasteiger partial charge in [-0.05, 0) is 49.5 Å². The fraction of sp³-hybridized carbons (Fsp3) is 0.765. The van der Waals surface area contributed by atoms with Crippen LogP contribution in [0.2, 0.25) is 0 Å². The van der Waals surface area contributed by atoms with Crippen LogP contribution in [0.3, 0.4) is 0 Å². The Balaban J connectivity index is 1.46. The standard InChI is InChI=1S/C17H26N4/c1-11(2)16(17-20-19-15-4-3-7-21(15)17)18-10-14-9-12-5-6-13(14)8-12/h5-6,11-14,16,18H,3-4,7-10H2,1-2H3. The molecule has 0 saturated heterocycles. The molecule has 114 valence electrons. The maximum absolute atomic E-state index is 4.49. The average molecular weight is 286 g/mol. The second-order valence-corrected chi connectivity index (χ2v) is 7.40. The van der Waals surface area contributed by atoms with Crippen LogP contribution in [-0.4, -0.2) is 21.3 Å². The molecule has 1 saturated carbocycles. The molecule has 4 atom stereocenters. The van der Waals surface area contributed by atoms with E-state index < -0.39 is 0 Å². The second kappa shape index (κ2) is 5.24. The van der Waals surface area contributed by atoms with Crippen molar-refractivity contribution in [1.29, 1.82) is 0 Å². The minimum Gasteiger partial charge on any atom is -0.314 e. The Morgan fingerprint density at radius 1 is 1.29 bits per heavy atom. The smallest absolute Gasteiger partial charge is 0.150 e. The highest BCUT2D eigenvalue weighted by atomic mass is 15.3. The predicted molar refractivity (Wildman–Crippen MR) is 82.8 cm³/mol. The number of hydrogen-bond donors (Lipinski definition) is 1. The van der Waals surface area contributed by atoms with Crippen molar-refractivity contribution in [2.45, 2.75) is 52.1 Å². The summed E-state index contributed by atoms with van der Waals surface area (Å²) in [5.41, 5.74) is 0. The lowest BCUT2D eigenvalue weighted by Gasteiger charge is -2.26. The molecule has 2 bridgehead atoms. The van der Waals surface area contributed by atoms with Gasteiger partial charge in [0, 0.05) is 13.0 Å². The van der Waals surface area contributed by atoms with Gasteiger partial charge in [0.05, 0.1) is 6.04 Å². The zero-order valence-corrected chi connectivity index (χ0v) is 13.1. The minimum atomic E-state index is 0.340. The highest BCUT2D eigenvalue weighted by Crippen LogP contribution is 2.43. The molecule has 2 aliphatic carbocycles. The Kier molecular flexibility index (Phi) is 3.37. The average Bonchev–Trinajstić information content (AvgIpc) is 3.20. The van der Waals surface area contributed by atoms with Crippen LogP contribution in [-0.2, 0) is 13.0 Å². The normalized spacial score (nSPS) is 31.3. The summed E-state index contributed by atoms with van der Waals surface area (Å²) >= 11 is 0. The molecule has 1 aliphatic heterocycles. The molecular weight excluding hydrogens is 260 g/mol. The van der Waals surface area contributed by atoms with Crippen molar-refractivity contribution in [3.8, 4) is 0 Å². The highest BCUT2D eigenvalue weighted by molar-refractivity contribution is 5.11. The van der Waals surface area contributed by atoms with E-state index in [1.54, 1.807) is 0 Å². The fourth-order valence-corrected chi connectivity index (χ4v) is 4.44. The molecule has 1 aromatic heterocycles. The molecule has 1 N–H and O–H groups in total. The lowest BCUT2D eigenvalue weighted by atomic mass is 9.92. The van der Waals surface area contributed by atoms with E-state index in [2.05, 4.69) is 46.1 Å². The Hall–Kier alpha value is -1.16. The largest absolute Gasteiger partial charge is 0.314 e. The number of aromatic nitrogens is 3. The van der Waals surface area contributed by atoms with Crippen LogP contribution in [0.25, 0.3) is 0 Å². The summed E-state index contributed by atoms with van der Waals surface area (Å²) in [5.74, 6) is 5.39. The van der Waals surface area contributed by atoms with Crippen molar-refractivity contribution in [2.75, 3.05) is 6.54 Å². The Morgan fingerprint density at radius 3 is 2.90 bits per heavy atom. The molecule has 4 rings (SSSR count). The molecule has 0 amide bonds. The first-order valence-corrected chi connectivity index (χ1v) is 8.56. The maximum atomic E-state index is 4.49. The quantitative estimate of drug-likeness (QED) is 0.846. The number of hydrogen-bond acceptors (Lipinski definition) is 3. The first-order valence-electron chi connectivity index (χ1n) is 8.56. The van der Waals surface area contributed by atoms with Crippen molar-refractivity contribution in [3.05, 3.63) is 23.8 Å². The first-order chi connectivity index (χ1) is 10.2. The monoisotopic (exact) mass is 286 g/mol. The molecule has 3 aliphatic rings. The third-order valence-corrected chi connectivity index (χ3v) is 5.60. The van der Waals surface area contributed by atoms with Crippen LogP contribution < -0.4 is 5.32 Å². The number of aryl methyl sites for hydroxylation is 1. The summed E-state index contributed by atoms with van der Waals surface area (Å²) in [6.07, 6.45) is 9.94. The molecule has 0 spiro atoms. The topological polar surface area (TPSA) is 42.7 Å². The van der Waals surface area contributed by atoms with Gasteiger partial charge in [-0.1, -0.05) is 26.0 Å². The van der Waals surface area contributed by atoms with Gasteiger partial charge in [0.1, 0.15) is 11.6 Å². The van der Waals surface area contributed by atoms with Crippen LogP contribution in [0.5, 0.6) is 0 Å². The van der Waals surface area contributed by atoms with E-state index in [0.29, 0.717) is 12.0 Å². The minimum absolute atomic E-state index is 0.340. The number of nitrogens with one attached hydrogen (secondary N) is 1. The molecule has 4 nitrogen and oxygen atoms in total. The number of allylic oxidation sites excluding steroid dienone is 2. The van der Waals surface area contributed by atoms with E-state index in [1.165, 1.54) is 25.1 Å². The van der Waals surface area contributed by atoms with Gasteiger partial charge in [0.25, 0.3) is 0 Å². The van der Waals surface area contributed by atoms with E-state index in [0.717, 1.165) is 43.1 Å². The molecular formula is C17H26N4. The first kappa shape index (κ1) is 13.5. The van der Waals surface area contributed by atoms with Crippen molar-refractivity contribution in [1.82, 2.24) is 20.1 Å². The highest BCUT2D eigenvalue weighted by Gasteiger charge is 2.36. The third kappa shape index (κ3) is 2.33. The van der Waals surface area contributed by atoms with Gasteiger partial charge in [0.2, 0.25) is 0 Å². The van der Waals surface area contributed by atoms with Crippen molar-refractivity contribution >= 4 is 0 Å². The van der Waals surface area contributed by atoms with Crippen molar-refractivity contribution in [2.24, 2.45) is 23.7 Å². The van der Waals surface area contributed by atoms with E-state index >= 15 is 0 Å². The van der Waals surface area contributed by atoms with E-state index in [1.807, 2.05) is 0 Å². The van der Waals surface area contributed by atoms with Crippen LogP contribution in [0, 0.1) is 23.7 Å². The Labute approximate surface area is 127 Å². The zero-order valence-electron chi connectivity index (χ0n) is 13.1. The molecule has 4 heteroatoms. The van der Waals surface area contributed by atoms with Gasteiger partial charge in [-0.2, -0.15) is 0 Å². The number of nitrogens with zero attached hydrogens (tertiary/aromatic N) is 3. The fourth-order valence-electron chi connectivity index (χ4n) is 4.44. The lowest BCUT2D eigenvalue weighted by Crippen LogP contribution is -2.33. The van der Waals surface area contributed by atoms with Gasteiger partial charge >= 0.3 is 0 Å². The second-order valence-electron chi connectivity index (χ2n) is 7.40. The molecule has 1 aromatic rings. The molecule has 2 heterocycles. The van der Waals surface area contributed by atoms with Gasteiger partial charge < -0.3 is 9.88 Å². The summed E-state index contributed by atoms with van der Waals surface area (Å²) in [4.78, 5) is 0. The third-order valence-electron chi connectivity index (χ3n) is 5.60. The molecule has 1 fully saturated rings. The van der Waals surface area contributed by atoms with Crippen LogP contribution in [0.15, 0.2) is 12.2 Å². The van der Waals surface area contributed by atoms with Crippen LogP contribution >= 0.6 is 0 Å². The summed E-state index contributed by atoms with van der Waals surface area (Å²) in [7, 11) is 0. The lowest BCUT2D eigenvalue weighted by molar-refractivity contribution is 0.328. The molecule has 0 aromatic carbocycles.